The standard InChI is InChI=1S/C26H19F3N6O4/c1-15-2-11-20(32-31-15)35-22(17-5-3-16(4-6-17)14-34-13-12-30-33-34)21(24(37)25(35)38)23(36)18-7-9-19(10-8-18)39-26(27,28)29/h2-13,22,37H,14H2,1H3. The minimum absolute atomic E-state index is 0.0523. The van der Waals surface area contributed by atoms with Gasteiger partial charge in [-0.25, -0.2) is 4.68 Å². The first-order valence-electron chi connectivity index (χ1n) is 11.5. The van der Waals surface area contributed by atoms with E-state index < -0.39 is 35.6 Å². The van der Waals surface area contributed by atoms with Gasteiger partial charge in [0.2, 0.25) is 0 Å². The van der Waals surface area contributed by atoms with Crippen LogP contribution >= 0.6 is 0 Å². The number of aryl methyl sites for hydroxylation is 1. The van der Waals surface area contributed by atoms with Crippen molar-refractivity contribution in [2.24, 2.45) is 0 Å². The number of aliphatic hydroxyl groups is 1. The number of carbonyl (C=O) groups is 2. The third-order valence-corrected chi connectivity index (χ3v) is 5.95. The van der Waals surface area contributed by atoms with E-state index in [9.17, 15) is 27.9 Å². The zero-order valence-corrected chi connectivity index (χ0v) is 20.2. The van der Waals surface area contributed by atoms with E-state index in [0.717, 1.165) is 34.7 Å². The van der Waals surface area contributed by atoms with Crippen LogP contribution in [0.3, 0.4) is 0 Å². The number of ether oxygens (including phenoxy) is 1. The number of Topliss-reactive ketones (excluding diaryl/α,β-unsaturated/α-hetero) is 1. The van der Waals surface area contributed by atoms with Crippen molar-refractivity contribution < 1.29 is 32.6 Å². The van der Waals surface area contributed by atoms with E-state index in [-0.39, 0.29) is 17.0 Å². The molecule has 3 heterocycles. The van der Waals surface area contributed by atoms with Crippen molar-refractivity contribution in [2.45, 2.75) is 25.9 Å². The number of ketones is 1. The number of hydrogen-bond donors (Lipinski definition) is 1. The zero-order chi connectivity index (χ0) is 27.7. The summed E-state index contributed by atoms with van der Waals surface area (Å²) < 4.78 is 43.1. The van der Waals surface area contributed by atoms with E-state index in [1.165, 1.54) is 6.07 Å². The highest BCUT2D eigenvalue weighted by atomic mass is 19.4. The van der Waals surface area contributed by atoms with Crippen molar-refractivity contribution in [3.63, 3.8) is 0 Å². The summed E-state index contributed by atoms with van der Waals surface area (Å²) in [6, 6.07) is 13.2. The van der Waals surface area contributed by atoms with E-state index in [1.807, 2.05) is 0 Å². The lowest BCUT2D eigenvalue weighted by atomic mass is 9.92. The average Bonchev–Trinajstić information content (AvgIpc) is 3.50. The maximum Gasteiger partial charge on any atom is 0.573 e. The summed E-state index contributed by atoms with van der Waals surface area (Å²) in [4.78, 5) is 28.0. The highest BCUT2D eigenvalue weighted by Crippen LogP contribution is 2.41. The number of aliphatic hydroxyl groups excluding tert-OH is 1. The van der Waals surface area contributed by atoms with Gasteiger partial charge in [-0.3, -0.25) is 14.5 Å². The van der Waals surface area contributed by atoms with Gasteiger partial charge in [-0.15, -0.1) is 23.4 Å². The predicted molar refractivity (Wildman–Crippen MR) is 130 cm³/mol. The Balaban J connectivity index is 1.53. The van der Waals surface area contributed by atoms with Crippen LogP contribution in [0.15, 0.2) is 84.4 Å². The van der Waals surface area contributed by atoms with Crippen LogP contribution in [0.5, 0.6) is 5.75 Å². The quantitative estimate of drug-likeness (QED) is 0.350. The van der Waals surface area contributed by atoms with E-state index >= 15 is 0 Å². The predicted octanol–water partition coefficient (Wildman–Crippen LogP) is 4.11. The summed E-state index contributed by atoms with van der Waals surface area (Å²) in [6.07, 6.45) is -1.65. The Hall–Kier alpha value is -5.07. The summed E-state index contributed by atoms with van der Waals surface area (Å²) in [5.41, 5.74) is 1.63. The van der Waals surface area contributed by atoms with Gasteiger partial charge in [-0.1, -0.05) is 29.5 Å². The van der Waals surface area contributed by atoms with Gasteiger partial charge in [-0.05, 0) is 54.4 Å². The number of hydrogen-bond acceptors (Lipinski definition) is 8. The molecule has 1 aliphatic rings. The third-order valence-electron chi connectivity index (χ3n) is 5.95. The molecule has 0 bridgehead atoms. The molecule has 4 aromatic rings. The van der Waals surface area contributed by atoms with E-state index in [1.54, 1.807) is 54.3 Å². The number of aromatic nitrogens is 5. The van der Waals surface area contributed by atoms with Gasteiger partial charge in [0.15, 0.2) is 17.4 Å². The second-order valence-electron chi connectivity index (χ2n) is 8.62. The number of rotatable bonds is 7. The molecular formula is C26H19F3N6O4. The molecular weight excluding hydrogens is 517 g/mol. The molecule has 1 unspecified atom stereocenters. The van der Waals surface area contributed by atoms with Crippen molar-refractivity contribution in [1.82, 2.24) is 25.2 Å². The number of nitrogens with zero attached hydrogens (tertiary/aromatic N) is 6. The first-order valence-corrected chi connectivity index (χ1v) is 11.5. The zero-order valence-electron chi connectivity index (χ0n) is 20.2. The van der Waals surface area contributed by atoms with Crippen LogP contribution in [0, 0.1) is 6.92 Å². The highest BCUT2D eigenvalue weighted by molar-refractivity contribution is 6.20. The largest absolute Gasteiger partial charge is 0.573 e. The molecule has 13 heteroatoms. The summed E-state index contributed by atoms with van der Waals surface area (Å²) in [6.45, 7) is 2.14. The smallest absolute Gasteiger partial charge is 0.503 e. The van der Waals surface area contributed by atoms with Gasteiger partial charge in [-0.2, -0.15) is 5.10 Å². The molecule has 0 spiro atoms. The van der Waals surface area contributed by atoms with E-state index in [2.05, 4.69) is 25.2 Å². The molecule has 0 saturated heterocycles. The van der Waals surface area contributed by atoms with Crippen LogP contribution in [0.25, 0.3) is 0 Å². The number of anilines is 1. The Bertz CT molecular complexity index is 1530. The van der Waals surface area contributed by atoms with Gasteiger partial charge in [0.05, 0.1) is 30.1 Å². The van der Waals surface area contributed by atoms with E-state index in [4.69, 9.17) is 0 Å². The fourth-order valence-corrected chi connectivity index (χ4v) is 4.18. The Morgan fingerprint density at radius 3 is 2.33 bits per heavy atom. The van der Waals surface area contributed by atoms with E-state index in [0.29, 0.717) is 17.8 Å². The molecule has 0 aliphatic carbocycles. The number of halogens is 3. The van der Waals surface area contributed by atoms with Gasteiger partial charge < -0.3 is 9.84 Å². The van der Waals surface area contributed by atoms with Crippen LogP contribution in [0.4, 0.5) is 19.0 Å². The Morgan fingerprint density at radius 1 is 1.03 bits per heavy atom. The molecule has 1 aliphatic heterocycles. The molecule has 198 valence electrons. The Kier molecular flexibility index (Phi) is 6.56. The first kappa shape index (κ1) is 25.6. The molecule has 5 rings (SSSR count). The fourth-order valence-electron chi connectivity index (χ4n) is 4.18. The Morgan fingerprint density at radius 2 is 1.74 bits per heavy atom. The van der Waals surface area contributed by atoms with Gasteiger partial charge in [0.1, 0.15) is 5.75 Å². The molecule has 1 atom stereocenters. The third kappa shape index (κ3) is 5.32. The maximum absolute atomic E-state index is 13.6. The highest BCUT2D eigenvalue weighted by Gasteiger charge is 2.45. The number of benzene rings is 2. The molecule has 39 heavy (non-hydrogen) atoms. The topological polar surface area (TPSA) is 123 Å². The number of alkyl halides is 3. The maximum atomic E-state index is 13.6. The second kappa shape index (κ2) is 10.0. The minimum atomic E-state index is -4.90. The van der Waals surface area contributed by atoms with Gasteiger partial charge in [0.25, 0.3) is 5.91 Å². The van der Waals surface area contributed by atoms with Crippen LogP contribution in [-0.2, 0) is 11.3 Å². The molecule has 0 fully saturated rings. The van der Waals surface area contributed by atoms with Crippen molar-refractivity contribution in [1.29, 1.82) is 0 Å². The van der Waals surface area contributed by atoms with Gasteiger partial charge >= 0.3 is 6.36 Å². The molecule has 10 nitrogen and oxygen atoms in total. The molecule has 1 amide bonds. The van der Waals surface area contributed by atoms with Crippen molar-refractivity contribution >= 4 is 17.5 Å². The SMILES string of the molecule is Cc1ccc(N2C(=O)C(O)=C(C(=O)c3ccc(OC(F)(F)F)cc3)C2c2ccc(Cn3ccnn3)cc2)nn1. The van der Waals surface area contributed by atoms with Crippen LogP contribution in [0.2, 0.25) is 0 Å². The normalized spacial score (nSPS) is 15.6. The lowest BCUT2D eigenvalue weighted by Gasteiger charge is -2.25. The Labute approximate surface area is 219 Å². The van der Waals surface area contributed by atoms with Crippen LogP contribution in [0.1, 0.15) is 33.2 Å². The van der Waals surface area contributed by atoms with Crippen molar-refractivity contribution in [2.75, 3.05) is 4.90 Å². The van der Waals surface area contributed by atoms with Crippen molar-refractivity contribution in [3.8, 4) is 5.75 Å². The monoisotopic (exact) mass is 536 g/mol. The summed E-state index contributed by atoms with van der Waals surface area (Å²) in [5, 5.41) is 26.6. The first-order chi connectivity index (χ1) is 18.6. The molecule has 0 radical (unpaired) electrons. The molecule has 0 saturated carbocycles. The number of amides is 1. The summed E-state index contributed by atoms with van der Waals surface area (Å²) in [5.74, 6) is -2.83. The lowest BCUT2D eigenvalue weighted by Crippen LogP contribution is -2.32. The fraction of sp³-hybridized carbons (Fsp3) is 0.154. The summed E-state index contributed by atoms with van der Waals surface area (Å²) in [7, 11) is 0. The van der Waals surface area contributed by atoms with Crippen LogP contribution < -0.4 is 9.64 Å². The summed E-state index contributed by atoms with van der Waals surface area (Å²) >= 11 is 0. The van der Waals surface area contributed by atoms with Gasteiger partial charge in [0, 0.05) is 11.8 Å². The average molecular weight is 536 g/mol. The number of carbonyl (C=O) groups excluding carboxylic acids is 2. The molecule has 2 aromatic heterocycles. The minimum Gasteiger partial charge on any atom is -0.503 e. The molecule has 1 N–H and O–H groups in total. The molecule has 2 aromatic carbocycles. The van der Waals surface area contributed by atoms with Crippen LogP contribution in [-0.4, -0.2) is 48.4 Å². The second-order valence-corrected chi connectivity index (χ2v) is 8.62. The van der Waals surface area contributed by atoms with Crippen molar-refractivity contribution in [3.05, 3.63) is 107 Å². The lowest BCUT2D eigenvalue weighted by molar-refractivity contribution is -0.274.